The molecule has 1 fully saturated rings. The predicted octanol–water partition coefficient (Wildman–Crippen LogP) is 3.30. The highest BCUT2D eigenvalue weighted by Gasteiger charge is 2.23. The summed E-state index contributed by atoms with van der Waals surface area (Å²) in [4.78, 5) is 17.0. The highest BCUT2D eigenvalue weighted by atomic mass is 32.2. The number of phenols is 1. The highest BCUT2D eigenvalue weighted by molar-refractivity contribution is 8.18. The number of benzene rings is 2. The van der Waals surface area contributed by atoms with Crippen LogP contribution in [0.2, 0.25) is 0 Å². The van der Waals surface area contributed by atoms with E-state index in [0.29, 0.717) is 27.1 Å². The number of hydrogen-bond acceptors (Lipinski definition) is 6. The van der Waals surface area contributed by atoms with Crippen LogP contribution in [0.3, 0.4) is 0 Å². The number of amides is 1. The van der Waals surface area contributed by atoms with Crippen LogP contribution in [-0.4, -0.2) is 30.4 Å². The zero-order valence-electron chi connectivity index (χ0n) is 13.6. The summed E-state index contributed by atoms with van der Waals surface area (Å²) in [6.07, 6.45) is 1.69. The van der Waals surface area contributed by atoms with E-state index in [2.05, 4.69) is 10.3 Å². The number of nitrogens with one attached hydrogen (secondary N) is 1. The molecule has 2 N–H and O–H groups in total. The first-order valence-electron chi connectivity index (χ1n) is 7.39. The molecule has 7 heteroatoms. The Morgan fingerprint density at radius 2 is 1.88 bits per heavy atom. The van der Waals surface area contributed by atoms with E-state index in [1.165, 1.54) is 24.9 Å². The van der Waals surface area contributed by atoms with Crippen LogP contribution in [0, 0.1) is 0 Å². The molecule has 1 aliphatic heterocycles. The van der Waals surface area contributed by atoms with Crippen molar-refractivity contribution in [2.75, 3.05) is 14.2 Å². The molecule has 0 atom stereocenters. The number of ether oxygens (including phenoxy) is 2. The SMILES string of the molecule is COc1ccc(N=C2NC(=O)/C(=C\c3ccc(OC)c(O)c3)S2)cc1. The lowest BCUT2D eigenvalue weighted by Gasteiger charge is -2.03. The van der Waals surface area contributed by atoms with Gasteiger partial charge in [0.1, 0.15) is 5.75 Å². The van der Waals surface area contributed by atoms with Crippen molar-refractivity contribution in [3.63, 3.8) is 0 Å². The number of methoxy groups -OCH3 is 2. The van der Waals surface area contributed by atoms with Crippen LogP contribution in [0.1, 0.15) is 5.56 Å². The maximum absolute atomic E-state index is 12.1. The van der Waals surface area contributed by atoms with Crippen molar-refractivity contribution >= 4 is 34.6 Å². The molecule has 0 bridgehead atoms. The van der Waals surface area contributed by atoms with Gasteiger partial charge in [-0.1, -0.05) is 6.07 Å². The predicted molar refractivity (Wildman–Crippen MR) is 98.5 cm³/mol. The van der Waals surface area contributed by atoms with Crippen LogP contribution in [0.4, 0.5) is 5.69 Å². The summed E-state index contributed by atoms with van der Waals surface area (Å²) >= 11 is 1.24. The lowest BCUT2D eigenvalue weighted by Crippen LogP contribution is -2.19. The van der Waals surface area contributed by atoms with Gasteiger partial charge in [0.05, 0.1) is 24.8 Å². The lowest BCUT2D eigenvalue weighted by molar-refractivity contribution is -0.115. The molecule has 0 unspecified atom stereocenters. The average molecular weight is 356 g/mol. The molecule has 1 saturated heterocycles. The van der Waals surface area contributed by atoms with Crippen LogP contribution in [0.25, 0.3) is 6.08 Å². The van der Waals surface area contributed by atoms with Crippen molar-refractivity contribution in [2.45, 2.75) is 0 Å². The molecule has 1 aliphatic rings. The number of rotatable bonds is 4. The van der Waals surface area contributed by atoms with Crippen LogP contribution in [0.15, 0.2) is 52.4 Å². The summed E-state index contributed by atoms with van der Waals surface area (Å²) in [6.45, 7) is 0. The van der Waals surface area contributed by atoms with E-state index in [1.54, 1.807) is 37.5 Å². The van der Waals surface area contributed by atoms with E-state index in [1.807, 2.05) is 12.1 Å². The monoisotopic (exact) mass is 356 g/mol. The van der Waals surface area contributed by atoms with Crippen molar-refractivity contribution in [1.29, 1.82) is 0 Å². The minimum atomic E-state index is -0.229. The molecule has 0 radical (unpaired) electrons. The Balaban J connectivity index is 1.79. The first-order chi connectivity index (χ1) is 12.1. The third kappa shape index (κ3) is 3.95. The van der Waals surface area contributed by atoms with E-state index in [0.717, 1.165) is 5.75 Å². The van der Waals surface area contributed by atoms with Gasteiger partial charge < -0.3 is 19.9 Å². The first-order valence-corrected chi connectivity index (χ1v) is 8.21. The zero-order valence-corrected chi connectivity index (χ0v) is 14.5. The van der Waals surface area contributed by atoms with Crippen molar-refractivity contribution in [3.8, 4) is 17.2 Å². The fourth-order valence-corrected chi connectivity index (χ4v) is 3.04. The van der Waals surface area contributed by atoms with Crippen LogP contribution in [0.5, 0.6) is 17.2 Å². The Kier molecular flexibility index (Phi) is 4.95. The maximum atomic E-state index is 12.1. The molecule has 128 valence electrons. The standard InChI is InChI=1S/C18H16N2O4S/c1-23-13-6-4-12(5-7-13)19-18-20-17(22)16(25-18)10-11-3-8-15(24-2)14(21)9-11/h3-10,21H,1-2H3,(H,19,20,22)/b16-10+. The number of carbonyl (C=O) groups excluding carboxylic acids is 1. The zero-order chi connectivity index (χ0) is 17.8. The van der Waals surface area contributed by atoms with Gasteiger partial charge in [0.25, 0.3) is 5.91 Å². The first kappa shape index (κ1) is 16.9. The molecular formula is C18H16N2O4S. The Morgan fingerprint density at radius 1 is 1.12 bits per heavy atom. The number of hydrogen-bond donors (Lipinski definition) is 2. The highest BCUT2D eigenvalue weighted by Crippen LogP contribution is 2.31. The Labute approximate surface area is 149 Å². The molecule has 25 heavy (non-hydrogen) atoms. The number of carbonyl (C=O) groups is 1. The second kappa shape index (κ2) is 7.31. The Bertz CT molecular complexity index is 860. The summed E-state index contributed by atoms with van der Waals surface area (Å²) < 4.78 is 10.1. The average Bonchev–Trinajstić information content (AvgIpc) is 2.95. The van der Waals surface area contributed by atoms with Gasteiger partial charge in [0, 0.05) is 0 Å². The quantitative estimate of drug-likeness (QED) is 0.822. The second-order valence-corrected chi connectivity index (χ2v) is 6.14. The van der Waals surface area contributed by atoms with Gasteiger partial charge in [0.15, 0.2) is 16.7 Å². The summed E-state index contributed by atoms with van der Waals surface area (Å²) in [5, 5.41) is 13.1. The van der Waals surface area contributed by atoms with E-state index in [4.69, 9.17) is 9.47 Å². The Hall–Kier alpha value is -2.93. The van der Waals surface area contributed by atoms with Crippen LogP contribution >= 0.6 is 11.8 Å². The lowest BCUT2D eigenvalue weighted by atomic mass is 10.2. The molecule has 3 rings (SSSR count). The van der Waals surface area contributed by atoms with Gasteiger partial charge in [0.2, 0.25) is 0 Å². The van der Waals surface area contributed by atoms with Gasteiger partial charge in [-0.25, -0.2) is 4.99 Å². The van der Waals surface area contributed by atoms with Gasteiger partial charge in [-0.3, -0.25) is 4.79 Å². The van der Waals surface area contributed by atoms with Gasteiger partial charge in [-0.05, 0) is 59.8 Å². The number of aromatic hydroxyl groups is 1. The molecular weight excluding hydrogens is 340 g/mol. The molecule has 2 aromatic rings. The normalized spacial score (nSPS) is 17.0. The smallest absolute Gasteiger partial charge is 0.264 e. The van der Waals surface area contributed by atoms with Crippen molar-refractivity contribution in [3.05, 3.63) is 52.9 Å². The van der Waals surface area contributed by atoms with Crippen LogP contribution in [-0.2, 0) is 4.79 Å². The minimum Gasteiger partial charge on any atom is -0.504 e. The molecule has 6 nitrogen and oxygen atoms in total. The van der Waals surface area contributed by atoms with Gasteiger partial charge >= 0.3 is 0 Å². The molecule has 0 aliphatic carbocycles. The molecule has 2 aromatic carbocycles. The fourth-order valence-electron chi connectivity index (χ4n) is 2.20. The van der Waals surface area contributed by atoms with Gasteiger partial charge in [-0.15, -0.1) is 0 Å². The summed E-state index contributed by atoms with van der Waals surface area (Å²) in [6, 6.07) is 12.2. The summed E-state index contributed by atoms with van der Waals surface area (Å²) in [7, 11) is 3.08. The van der Waals surface area contributed by atoms with E-state index in [-0.39, 0.29) is 11.7 Å². The summed E-state index contributed by atoms with van der Waals surface area (Å²) in [5.41, 5.74) is 1.41. The fraction of sp³-hybridized carbons (Fsp3) is 0.111. The number of aliphatic imine (C=N–C) groups is 1. The second-order valence-electron chi connectivity index (χ2n) is 5.11. The van der Waals surface area contributed by atoms with Crippen molar-refractivity contribution in [2.24, 2.45) is 4.99 Å². The number of nitrogens with zero attached hydrogens (tertiary/aromatic N) is 1. The molecule has 0 spiro atoms. The molecule has 0 saturated carbocycles. The molecule has 0 aromatic heterocycles. The largest absolute Gasteiger partial charge is 0.504 e. The minimum absolute atomic E-state index is 0.0207. The van der Waals surface area contributed by atoms with Crippen LogP contribution < -0.4 is 14.8 Å². The van der Waals surface area contributed by atoms with Gasteiger partial charge in [-0.2, -0.15) is 0 Å². The Morgan fingerprint density at radius 3 is 2.52 bits per heavy atom. The molecule has 1 amide bonds. The van der Waals surface area contributed by atoms with E-state index >= 15 is 0 Å². The maximum Gasteiger partial charge on any atom is 0.264 e. The van der Waals surface area contributed by atoms with Crippen molar-refractivity contribution in [1.82, 2.24) is 5.32 Å². The van der Waals surface area contributed by atoms with E-state index < -0.39 is 0 Å². The summed E-state index contributed by atoms with van der Waals surface area (Å²) in [5.74, 6) is 0.916. The topological polar surface area (TPSA) is 80.2 Å². The van der Waals surface area contributed by atoms with Crippen molar-refractivity contribution < 1.29 is 19.4 Å². The number of amidine groups is 1. The third-order valence-corrected chi connectivity index (χ3v) is 4.36. The number of phenolic OH excluding ortho intramolecular Hbond substituents is 1. The number of thioether (sulfide) groups is 1. The third-order valence-electron chi connectivity index (χ3n) is 3.45. The molecule has 1 heterocycles. The van der Waals surface area contributed by atoms with E-state index in [9.17, 15) is 9.90 Å².